The number of carboxylic acid groups (broad SMARTS) is 1. The number of benzene rings is 1. The molecule has 0 saturated carbocycles. The minimum atomic E-state index is -1.07. The fourth-order valence-corrected chi connectivity index (χ4v) is 1.73. The second-order valence-corrected chi connectivity index (χ2v) is 4.14. The Labute approximate surface area is 117 Å². The summed E-state index contributed by atoms with van der Waals surface area (Å²) in [4.78, 5) is 12.4. The Morgan fingerprint density at radius 3 is 2.85 bits per heavy atom. The third kappa shape index (κ3) is 5.24. The van der Waals surface area contributed by atoms with Crippen molar-refractivity contribution in [2.45, 2.75) is 0 Å². The van der Waals surface area contributed by atoms with E-state index in [9.17, 15) is 9.18 Å². The minimum absolute atomic E-state index is 0.418. The molecule has 0 aromatic heterocycles. The van der Waals surface area contributed by atoms with Gasteiger partial charge >= 0.3 is 5.97 Å². The molecule has 0 bridgehead atoms. The number of ether oxygens (including phenoxy) is 1. The highest BCUT2D eigenvalue weighted by atomic mass is 19.1. The first-order valence-electron chi connectivity index (χ1n) is 6.13. The topological polar surface area (TPSA) is 49.8 Å². The molecule has 0 unspecified atom stereocenters. The molecule has 4 nitrogen and oxygen atoms in total. The Morgan fingerprint density at radius 1 is 1.50 bits per heavy atom. The summed E-state index contributed by atoms with van der Waals surface area (Å²) in [6, 6.07) is 4.41. The van der Waals surface area contributed by atoms with Gasteiger partial charge in [-0.05, 0) is 29.8 Å². The molecule has 108 valence electrons. The van der Waals surface area contributed by atoms with Crippen LogP contribution in [0.2, 0.25) is 0 Å². The molecule has 1 aromatic carbocycles. The maximum Gasteiger partial charge on any atom is 0.328 e. The summed E-state index contributed by atoms with van der Waals surface area (Å²) < 4.78 is 18.6. The third-order valence-electron chi connectivity index (χ3n) is 2.60. The number of halogens is 1. The molecule has 1 rings (SSSR count). The van der Waals surface area contributed by atoms with Crippen molar-refractivity contribution >= 4 is 17.7 Å². The van der Waals surface area contributed by atoms with Crippen LogP contribution in [0.15, 0.2) is 36.9 Å². The van der Waals surface area contributed by atoms with Crippen molar-refractivity contribution in [2.24, 2.45) is 0 Å². The van der Waals surface area contributed by atoms with Crippen molar-refractivity contribution in [1.29, 1.82) is 0 Å². The first-order valence-corrected chi connectivity index (χ1v) is 6.13. The molecule has 0 atom stereocenters. The number of anilines is 1. The summed E-state index contributed by atoms with van der Waals surface area (Å²) in [6.07, 6.45) is 4.05. The van der Waals surface area contributed by atoms with Crippen molar-refractivity contribution in [3.63, 3.8) is 0 Å². The zero-order valence-electron chi connectivity index (χ0n) is 11.4. The fraction of sp³-hybridized carbons (Fsp3) is 0.267. The van der Waals surface area contributed by atoms with E-state index in [0.29, 0.717) is 30.9 Å². The average Bonchev–Trinajstić information content (AvgIpc) is 2.40. The summed E-state index contributed by atoms with van der Waals surface area (Å²) in [5.41, 5.74) is 1.15. The molecule has 0 amide bonds. The van der Waals surface area contributed by atoms with E-state index in [1.807, 2.05) is 4.90 Å². The van der Waals surface area contributed by atoms with Gasteiger partial charge in [-0.15, -0.1) is 6.58 Å². The molecular formula is C15H18FNO3. The molecule has 5 heteroatoms. The van der Waals surface area contributed by atoms with Crippen LogP contribution < -0.4 is 4.90 Å². The molecule has 20 heavy (non-hydrogen) atoms. The number of nitrogens with zero attached hydrogens (tertiary/aromatic N) is 1. The van der Waals surface area contributed by atoms with Crippen LogP contribution in [-0.4, -0.2) is 37.9 Å². The lowest BCUT2D eigenvalue weighted by molar-refractivity contribution is -0.131. The van der Waals surface area contributed by atoms with Gasteiger partial charge in [0.15, 0.2) is 0 Å². The maximum atomic E-state index is 13.6. The molecule has 0 aliphatic heterocycles. The molecule has 0 saturated heterocycles. The molecule has 0 spiro atoms. The summed E-state index contributed by atoms with van der Waals surface area (Å²) in [6.45, 7) is 5.32. The molecule has 0 fully saturated rings. The number of carboxylic acids is 1. The Morgan fingerprint density at radius 2 is 2.25 bits per heavy atom. The standard InChI is InChI=1S/C15H18FNO3/c1-3-6-17(7-8-20-2)14-10-12(4-5-15(18)19)9-13(16)11-14/h3-5,9-11H,1,6-8H2,2H3,(H,18,19)/b5-4+. The fourth-order valence-electron chi connectivity index (χ4n) is 1.73. The van der Waals surface area contributed by atoms with E-state index in [2.05, 4.69) is 6.58 Å². The number of methoxy groups -OCH3 is 1. The van der Waals surface area contributed by atoms with Crippen LogP contribution in [0.4, 0.5) is 10.1 Å². The quantitative estimate of drug-likeness (QED) is 0.587. The largest absolute Gasteiger partial charge is 0.478 e. The highest BCUT2D eigenvalue weighted by Gasteiger charge is 2.07. The SMILES string of the molecule is C=CCN(CCOC)c1cc(F)cc(/C=C/C(=O)O)c1. The third-order valence-corrected chi connectivity index (χ3v) is 2.60. The Balaban J connectivity index is 3.01. The van der Waals surface area contributed by atoms with Gasteiger partial charge in [-0.1, -0.05) is 6.08 Å². The zero-order valence-corrected chi connectivity index (χ0v) is 11.4. The van der Waals surface area contributed by atoms with Crippen molar-refractivity contribution in [2.75, 3.05) is 31.7 Å². The van der Waals surface area contributed by atoms with Gasteiger partial charge in [-0.25, -0.2) is 9.18 Å². The Kier molecular flexibility index (Phi) is 6.46. The summed E-state index contributed by atoms with van der Waals surface area (Å²) in [5, 5.41) is 8.60. The van der Waals surface area contributed by atoms with Gasteiger partial charge in [0.25, 0.3) is 0 Å². The van der Waals surface area contributed by atoms with Crippen LogP contribution in [0.3, 0.4) is 0 Å². The number of carbonyl (C=O) groups is 1. The number of hydrogen-bond acceptors (Lipinski definition) is 3. The summed E-state index contributed by atoms with van der Waals surface area (Å²) in [7, 11) is 1.60. The van der Waals surface area contributed by atoms with Crippen LogP contribution in [0.1, 0.15) is 5.56 Å². The molecule has 0 heterocycles. The second-order valence-electron chi connectivity index (χ2n) is 4.14. The molecule has 0 aliphatic carbocycles. The average molecular weight is 279 g/mol. The highest BCUT2D eigenvalue weighted by Crippen LogP contribution is 2.19. The highest BCUT2D eigenvalue weighted by molar-refractivity contribution is 5.85. The minimum Gasteiger partial charge on any atom is -0.478 e. The van der Waals surface area contributed by atoms with Crippen molar-refractivity contribution in [1.82, 2.24) is 0 Å². The van der Waals surface area contributed by atoms with Crippen LogP contribution in [0, 0.1) is 5.82 Å². The van der Waals surface area contributed by atoms with Crippen molar-refractivity contribution in [3.8, 4) is 0 Å². The number of aliphatic carboxylic acids is 1. The lowest BCUT2D eigenvalue weighted by Crippen LogP contribution is -2.27. The van der Waals surface area contributed by atoms with Crippen LogP contribution >= 0.6 is 0 Å². The van der Waals surface area contributed by atoms with E-state index < -0.39 is 11.8 Å². The Bertz CT molecular complexity index is 500. The predicted octanol–water partition coefficient (Wildman–Crippen LogP) is 2.56. The second kappa shape index (κ2) is 8.12. The van der Waals surface area contributed by atoms with Gasteiger partial charge in [0.05, 0.1) is 6.61 Å². The first-order chi connectivity index (χ1) is 9.56. The van der Waals surface area contributed by atoms with E-state index in [4.69, 9.17) is 9.84 Å². The molecular weight excluding hydrogens is 261 g/mol. The summed E-state index contributed by atoms with van der Waals surface area (Å²) in [5.74, 6) is -1.49. The monoisotopic (exact) mass is 279 g/mol. The van der Waals surface area contributed by atoms with Gasteiger partial charge in [0.2, 0.25) is 0 Å². The van der Waals surface area contributed by atoms with Gasteiger partial charge < -0.3 is 14.7 Å². The van der Waals surface area contributed by atoms with E-state index in [-0.39, 0.29) is 0 Å². The van der Waals surface area contributed by atoms with Crippen LogP contribution in [0.25, 0.3) is 6.08 Å². The maximum absolute atomic E-state index is 13.6. The normalized spacial score (nSPS) is 10.7. The lowest BCUT2D eigenvalue weighted by Gasteiger charge is -2.23. The van der Waals surface area contributed by atoms with Gasteiger partial charge in [-0.3, -0.25) is 0 Å². The molecule has 1 N–H and O–H groups in total. The summed E-state index contributed by atoms with van der Waals surface area (Å²) >= 11 is 0. The van der Waals surface area contributed by atoms with E-state index >= 15 is 0 Å². The molecule has 1 aromatic rings. The van der Waals surface area contributed by atoms with E-state index in [1.54, 1.807) is 19.3 Å². The zero-order chi connectivity index (χ0) is 15.0. The lowest BCUT2D eigenvalue weighted by atomic mass is 10.1. The van der Waals surface area contributed by atoms with Crippen molar-refractivity contribution in [3.05, 3.63) is 48.3 Å². The first kappa shape index (κ1) is 15.9. The number of hydrogen-bond donors (Lipinski definition) is 1. The smallest absolute Gasteiger partial charge is 0.328 e. The predicted molar refractivity (Wildman–Crippen MR) is 77.4 cm³/mol. The van der Waals surface area contributed by atoms with Gasteiger partial charge in [0, 0.05) is 32.0 Å². The molecule has 0 radical (unpaired) electrons. The van der Waals surface area contributed by atoms with E-state index in [0.717, 1.165) is 6.08 Å². The number of rotatable bonds is 8. The van der Waals surface area contributed by atoms with Crippen LogP contribution in [0.5, 0.6) is 0 Å². The van der Waals surface area contributed by atoms with Crippen LogP contribution in [-0.2, 0) is 9.53 Å². The molecule has 0 aliphatic rings. The van der Waals surface area contributed by atoms with Gasteiger partial charge in [0.1, 0.15) is 5.82 Å². The van der Waals surface area contributed by atoms with Gasteiger partial charge in [-0.2, -0.15) is 0 Å². The van der Waals surface area contributed by atoms with Crippen molar-refractivity contribution < 1.29 is 19.0 Å². The Hall–Kier alpha value is -2.14. The van der Waals surface area contributed by atoms with E-state index in [1.165, 1.54) is 18.2 Å².